The lowest BCUT2D eigenvalue weighted by Gasteiger charge is -2.27. The molecular weight excluding hydrogens is 500 g/mol. The van der Waals surface area contributed by atoms with Crippen LogP contribution >= 0.6 is 0 Å². The lowest BCUT2D eigenvalue weighted by atomic mass is 9.94. The Balaban J connectivity index is 1.45. The van der Waals surface area contributed by atoms with Gasteiger partial charge in [0.1, 0.15) is 23.7 Å². The highest BCUT2D eigenvalue weighted by Gasteiger charge is 2.28. The monoisotopic (exact) mass is 533 g/mol. The van der Waals surface area contributed by atoms with E-state index in [2.05, 4.69) is 16.0 Å². The number of carbonyl (C=O) groups is 3. The summed E-state index contributed by atoms with van der Waals surface area (Å²) < 4.78 is 26.9. The van der Waals surface area contributed by atoms with Gasteiger partial charge in [0.25, 0.3) is 0 Å². The molecule has 3 N–H and O–H groups in total. The van der Waals surface area contributed by atoms with Gasteiger partial charge < -0.3 is 16.0 Å². The molecule has 3 aromatic carbocycles. The molecule has 0 spiro atoms. The Morgan fingerprint density at radius 2 is 1.41 bits per heavy atom. The summed E-state index contributed by atoms with van der Waals surface area (Å²) in [6, 6.07) is 18.2. The van der Waals surface area contributed by atoms with Crippen molar-refractivity contribution in [1.29, 1.82) is 0 Å². The van der Waals surface area contributed by atoms with Crippen LogP contribution in [0.25, 0.3) is 11.1 Å². The van der Waals surface area contributed by atoms with Gasteiger partial charge in [-0.1, -0.05) is 73.9 Å². The molecule has 0 saturated heterocycles. The third-order valence-electron chi connectivity index (χ3n) is 6.91. The van der Waals surface area contributed by atoms with Gasteiger partial charge in [-0.3, -0.25) is 14.4 Å². The maximum absolute atomic E-state index is 13.5. The van der Waals surface area contributed by atoms with Crippen LogP contribution in [0.2, 0.25) is 0 Å². The standard InChI is InChI=1S/C31H33F2N3O3/c1-20(34-28(37)18-21-16-25(32)19-26(33)17-21)30(38)36-29(31(39)35-27-10-6-3-7-11-27)24-14-12-23(13-15-24)22-8-4-2-5-9-22/h2,4-5,8-9,12-17,19-20,27,29H,3,6-7,10-11,18H2,1H3,(H,34,37)(H,35,39)(H,36,38)/t20-,29-/m0/s1. The summed E-state index contributed by atoms with van der Waals surface area (Å²) in [5.74, 6) is -3.00. The predicted octanol–water partition coefficient (Wildman–Crippen LogP) is 4.99. The Hall–Kier alpha value is -4.07. The first-order valence-electron chi connectivity index (χ1n) is 13.3. The van der Waals surface area contributed by atoms with E-state index in [9.17, 15) is 23.2 Å². The van der Waals surface area contributed by atoms with E-state index in [0.29, 0.717) is 5.56 Å². The zero-order valence-electron chi connectivity index (χ0n) is 21.9. The molecule has 1 fully saturated rings. The Bertz CT molecular complexity index is 1270. The lowest BCUT2D eigenvalue weighted by Crippen LogP contribution is -2.50. The normalized spacial score (nSPS) is 15.2. The minimum absolute atomic E-state index is 0.0537. The van der Waals surface area contributed by atoms with E-state index in [-0.39, 0.29) is 23.9 Å². The average molecular weight is 534 g/mol. The molecule has 6 nitrogen and oxygen atoms in total. The Kier molecular flexibility index (Phi) is 9.41. The summed E-state index contributed by atoms with van der Waals surface area (Å²) in [7, 11) is 0. The van der Waals surface area contributed by atoms with Gasteiger partial charge in [0.05, 0.1) is 6.42 Å². The number of rotatable bonds is 9. The van der Waals surface area contributed by atoms with Crippen molar-refractivity contribution in [2.24, 2.45) is 0 Å². The van der Waals surface area contributed by atoms with Crippen molar-refractivity contribution in [2.75, 3.05) is 0 Å². The smallest absolute Gasteiger partial charge is 0.247 e. The number of amides is 3. The summed E-state index contributed by atoms with van der Waals surface area (Å²) >= 11 is 0. The fourth-order valence-electron chi connectivity index (χ4n) is 4.85. The molecule has 0 heterocycles. The fraction of sp³-hybridized carbons (Fsp3) is 0.323. The molecular formula is C31H33F2N3O3. The predicted molar refractivity (Wildman–Crippen MR) is 145 cm³/mol. The van der Waals surface area contributed by atoms with Gasteiger partial charge in [-0.25, -0.2) is 8.78 Å². The fourth-order valence-corrected chi connectivity index (χ4v) is 4.85. The van der Waals surface area contributed by atoms with E-state index in [1.54, 1.807) is 0 Å². The molecule has 39 heavy (non-hydrogen) atoms. The average Bonchev–Trinajstić information content (AvgIpc) is 2.92. The van der Waals surface area contributed by atoms with Crippen LogP contribution in [0, 0.1) is 11.6 Å². The highest BCUT2D eigenvalue weighted by atomic mass is 19.1. The number of halogens is 2. The van der Waals surface area contributed by atoms with E-state index in [4.69, 9.17) is 0 Å². The zero-order valence-corrected chi connectivity index (χ0v) is 21.9. The minimum atomic E-state index is -0.982. The van der Waals surface area contributed by atoms with Crippen molar-refractivity contribution < 1.29 is 23.2 Å². The van der Waals surface area contributed by atoms with Gasteiger partial charge in [0, 0.05) is 12.1 Å². The molecule has 0 radical (unpaired) electrons. The summed E-state index contributed by atoms with van der Waals surface area (Å²) in [4.78, 5) is 38.9. The van der Waals surface area contributed by atoms with Crippen LogP contribution in [0.1, 0.15) is 56.2 Å². The molecule has 1 saturated carbocycles. The molecule has 1 aliphatic rings. The van der Waals surface area contributed by atoms with Crippen molar-refractivity contribution in [1.82, 2.24) is 16.0 Å². The Morgan fingerprint density at radius 3 is 2.05 bits per heavy atom. The van der Waals surface area contributed by atoms with E-state index in [1.807, 2.05) is 54.6 Å². The molecule has 8 heteroatoms. The first-order valence-corrected chi connectivity index (χ1v) is 13.3. The van der Waals surface area contributed by atoms with Crippen LogP contribution in [0.4, 0.5) is 8.78 Å². The zero-order chi connectivity index (χ0) is 27.8. The molecule has 204 valence electrons. The largest absolute Gasteiger partial charge is 0.351 e. The molecule has 0 aromatic heterocycles. The Labute approximate surface area is 227 Å². The number of nitrogens with one attached hydrogen (secondary N) is 3. The van der Waals surface area contributed by atoms with E-state index in [0.717, 1.165) is 61.4 Å². The van der Waals surface area contributed by atoms with Gasteiger partial charge in [0.15, 0.2) is 0 Å². The van der Waals surface area contributed by atoms with Crippen LogP contribution < -0.4 is 16.0 Å². The van der Waals surface area contributed by atoms with Gasteiger partial charge in [-0.2, -0.15) is 0 Å². The molecule has 2 atom stereocenters. The summed E-state index contributed by atoms with van der Waals surface area (Å²) in [6.07, 6.45) is 4.74. The van der Waals surface area contributed by atoms with Crippen LogP contribution in [-0.2, 0) is 20.8 Å². The topological polar surface area (TPSA) is 87.3 Å². The second kappa shape index (κ2) is 13.1. The molecule has 3 amide bonds. The van der Waals surface area contributed by atoms with Crippen LogP contribution in [-0.4, -0.2) is 29.8 Å². The maximum atomic E-state index is 13.5. The van der Waals surface area contributed by atoms with E-state index >= 15 is 0 Å². The van der Waals surface area contributed by atoms with Crippen molar-refractivity contribution in [3.63, 3.8) is 0 Å². The maximum Gasteiger partial charge on any atom is 0.247 e. The first-order chi connectivity index (χ1) is 18.8. The van der Waals surface area contributed by atoms with Gasteiger partial charge in [-0.15, -0.1) is 0 Å². The second-order valence-corrected chi connectivity index (χ2v) is 10.0. The van der Waals surface area contributed by atoms with Crippen LogP contribution in [0.3, 0.4) is 0 Å². The number of carbonyl (C=O) groups excluding carboxylic acids is 3. The van der Waals surface area contributed by atoms with Gasteiger partial charge in [0.2, 0.25) is 17.7 Å². The van der Waals surface area contributed by atoms with Gasteiger partial charge in [-0.05, 0) is 54.2 Å². The molecule has 0 aliphatic heterocycles. The number of benzene rings is 3. The second-order valence-electron chi connectivity index (χ2n) is 10.0. The van der Waals surface area contributed by atoms with Crippen molar-refractivity contribution in [3.05, 3.63) is 95.6 Å². The van der Waals surface area contributed by atoms with Crippen molar-refractivity contribution in [2.45, 2.75) is 63.6 Å². The number of hydrogen-bond donors (Lipinski definition) is 3. The summed E-state index contributed by atoms with van der Waals surface area (Å²) in [5.41, 5.74) is 2.78. The highest BCUT2D eigenvalue weighted by Crippen LogP contribution is 2.24. The first kappa shape index (κ1) is 28.0. The van der Waals surface area contributed by atoms with E-state index < -0.39 is 35.5 Å². The SMILES string of the molecule is C[C@H](NC(=O)Cc1cc(F)cc(F)c1)C(=O)N[C@H](C(=O)NC1CCCCC1)c1ccc(-c2ccccc2)cc1. The minimum Gasteiger partial charge on any atom is -0.351 e. The quantitative estimate of drug-likeness (QED) is 0.362. The number of hydrogen-bond acceptors (Lipinski definition) is 3. The summed E-state index contributed by atoms with van der Waals surface area (Å²) in [5, 5.41) is 8.41. The van der Waals surface area contributed by atoms with Crippen molar-refractivity contribution >= 4 is 17.7 Å². The Morgan fingerprint density at radius 1 is 0.795 bits per heavy atom. The molecule has 4 rings (SSSR count). The molecule has 3 aromatic rings. The highest BCUT2D eigenvalue weighted by molar-refractivity contribution is 5.93. The van der Waals surface area contributed by atoms with Crippen LogP contribution in [0.15, 0.2) is 72.8 Å². The third kappa shape index (κ3) is 7.96. The van der Waals surface area contributed by atoms with Crippen LogP contribution in [0.5, 0.6) is 0 Å². The van der Waals surface area contributed by atoms with E-state index in [1.165, 1.54) is 6.92 Å². The third-order valence-corrected chi connectivity index (χ3v) is 6.91. The summed E-state index contributed by atoms with van der Waals surface area (Å²) in [6.45, 7) is 1.49. The lowest BCUT2D eigenvalue weighted by molar-refractivity contribution is -0.132. The molecule has 0 bridgehead atoms. The molecule has 1 aliphatic carbocycles. The molecule has 0 unspecified atom stereocenters. The van der Waals surface area contributed by atoms with Gasteiger partial charge >= 0.3 is 0 Å². The van der Waals surface area contributed by atoms with Crippen molar-refractivity contribution in [3.8, 4) is 11.1 Å².